The summed E-state index contributed by atoms with van der Waals surface area (Å²) < 4.78 is 16.2. The van der Waals surface area contributed by atoms with Crippen LogP contribution in [0.5, 0.6) is 17.2 Å². The SMILES string of the molecule is COc1ccc(C2C(C(=O)NCCc3ccc(OC)c(OC)c3)c3ccccc3C(=O)N2C2CCCCC2)cc1. The number of hydrogen-bond donors (Lipinski definition) is 1. The average molecular weight is 543 g/mol. The van der Waals surface area contributed by atoms with Gasteiger partial charge in [-0.15, -0.1) is 0 Å². The molecular weight excluding hydrogens is 504 g/mol. The van der Waals surface area contributed by atoms with Crippen LogP contribution in [0.15, 0.2) is 66.7 Å². The largest absolute Gasteiger partial charge is 0.497 e. The molecule has 1 aliphatic carbocycles. The summed E-state index contributed by atoms with van der Waals surface area (Å²) in [7, 11) is 4.86. The Morgan fingerprint density at radius 3 is 2.30 bits per heavy atom. The minimum absolute atomic E-state index is 0.0118. The van der Waals surface area contributed by atoms with Crippen LogP contribution in [0, 0.1) is 0 Å². The van der Waals surface area contributed by atoms with Gasteiger partial charge in [0.2, 0.25) is 5.91 Å². The molecule has 1 heterocycles. The van der Waals surface area contributed by atoms with Crippen LogP contribution >= 0.6 is 0 Å². The van der Waals surface area contributed by atoms with Crippen molar-refractivity contribution in [2.75, 3.05) is 27.9 Å². The van der Waals surface area contributed by atoms with E-state index < -0.39 is 12.0 Å². The fourth-order valence-corrected chi connectivity index (χ4v) is 6.23. The van der Waals surface area contributed by atoms with Crippen LogP contribution < -0.4 is 19.5 Å². The molecule has 0 spiro atoms. The van der Waals surface area contributed by atoms with Gasteiger partial charge in [-0.2, -0.15) is 0 Å². The molecule has 2 atom stereocenters. The first kappa shape index (κ1) is 27.6. The van der Waals surface area contributed by atoms with Crippen molar-refractivity contribution in [3.05, 3.63) is 89.0 Å². The topological polar surface area (TPSA) is 77.1 Å². The summed E-state index contributed by atoms with van der Waals surface area (Å²) in [5, 5.41) is 3.19. The van der Waals surface area contributed by atoms with Gasteiger partial charge < -0.3 is 24.4 Å². The molecule has 40 heavy (non-hydrogen) atoms. The standard InChI is InChI=1S/C33H38N2O5/c1-38-25-16-14-23(15-17-25)31-30(32(36)34-20-19-22-13-18-28(39-2)29(21-22)40-3)26-11-7-8-12-27(26)33(37)35(31)24-9-5-4-6-10-24/h7-8,11-18,21,24,30-31H,4-6,9-10,19-20H2,1-3H3,(H,34,36). The molecule has 7 heteroatoms. The van der Waals surface area contributed by atoms with Gasteiger partial charge in [0.15, 0.2) is 11.5 Å². The van der Waals surface area contributed by atoms with Gasteiger partial charge in [-0.25, -0.2) is 0 Å². The van der Waals surface area contributed by atoms with Gasteiger partial charge in [0, 0.05) is 18.2 Å². The van der Waals surface area contributed by atoms with Crippen LogP contribution in [0.25, 0.3) is 0 Å². The molecule has 3 aromatic carbocycles. The van der Waals surface area contributed by atoms with Crippen LogP contribution in [0.4, 0.5) is 0 Å². The van der Waals surface area contributed by atoms with Gasteiger partial charge in [0.05, 0.1) is 33.3 Å². The third-order valence-corrected chi connectivity index (χ3v) is 8.24. The van der Waals surface area contributed by atoms with E-state index in [2.05, 4.69) is 5.32 Å². The summed E-state index contributed by atoms with van der Waals surface area (Å²) in [5.41, 5.74) is 3.38. The van der Waals surface area contributed by atoms with E-state index in [4.69, 9.17) is 14.2 Å². The molecule has 2 aliphatic rings. The predicted molar refractivity (Wildman–Crippen MR) is 154 cm³/mol. The minimum Gasteiger partial charge on any atom is -0.497 e. The second-order valence-corrected chi connectivity index (χ2v) is 10.5. The van der Waals surface area contributed by atoms with Gasteiger partial charge in [-0.1, -0.05) is 55.7 Å². The quantitative estimate of drug-likeness (QED) is 0.376. The second kappa shape index (κ2) is 12.5. The van der Waals surface area contributed by atoms with E-state index in [1.807, 2.05) is 71.6 Å². The molecule has 2 amide bonds. The normalized spacial score (nSPS) is 19.1. The summed E-state index contributed by atoms with van der Waals surface area (Å²) in [6, 6.07) is 20.9. The Kier molecular flexibility index (Phi) is 8.58. The maximum absolute atomic E-state index is 14.1. The molecule has 0 radical (unpaired) electrons. The zero-order valence-corrected chi connectivity index (χ0v) is 23.5. The summed E-state index contributed by atoms with van der Waals surface area (Å²) in [6.07, 6.45) is 5.91. The predicted octanol–water partition coefficient (Wildman–Crippen LogP) is 5.68. The highest BCUT2D eigenvalue weighted by Gasteiger charge is 2.46. The van der Waals surface area contributed by atoms with Gasteiger partial charge in [-0.05, 0) is 66.3 Å². The molecular formula is C33H38N2O5. The number of methoxy groups -OCH3 is 3. The molecule has 1 saturated carbocycles. The lowest BCUT2D eigenvalue weighted by Crippen LogP contribution is -2.52. The Morgan fingerprint density at radius 1 is 0.875 bits per heavy atom. The number of nitrogens with one attached hydrogen (secondary N) is 1. The van der Waals surface area contributed by atoms with E-state index in [9.17, 15) is 9.59 Å². The highest BCUT2D eigenvalue weighted by Crippen LogP contribution is 2.46. The number of amides is 2. The van der Waals surface area contributed by atoms with Gasteiger partial charge in [0.1, 0.15) is 5.75 Å². The molecule has 1 aliphatic heterocycles. The molecule has 210 valence electrons. The Labute approximate surface area is 236 Å². The first-order chi connectivity index (χ1) is 19.5. The maximum atomic E-state index is 14.1. The highest BCUT2D eigenvalue weighted by atomic mass is 16.5. The monoisotopic (exact) mass is 542 g/mol. The lowest BCUT2D eigenvalue weighted by atomic mass is 9.77. The van der Waals surface area contributed by atoms with E-state index in [-0.39, 0.29) is 17.9 Å². The number of rotatable bonds is 9. The number of fused-ring (bicyclic) bond motifs is 1. The van der Waals surface area contributed by atoms with Crippen molar-refractivity contribution in [1.29, 1.82) is 0 Å². The number of nitrogens with zero attached hydrogens (tertiary/aromatic N) is 1. The van der Waals surface area contributed by atoms with Crippen LogP contribution in [0.1, 0.15) is 71.1 Å². The molecule has 0 aromatic heterocycles. The van der Waals surface area contributed by atoms with E-state index in [1.54, 1.807) is 21.3 Å². The van der Waals surface area contributed by atoms with Crippen molar-refractivity contribution >= 4 is 11.8 Å². The fraction of sp³-hybridized carbons (Fsp3) is 0.394. The molecule has 1 fully saturated rings. The van der Waals surface area contributed by atoms with Gasteiger partial charge in [0.25, 0.3) is 5.91 Å². The average Bonchev–Trinajstić information content (AvgIpc) is 3.01. The lowest BCUT2D eigenvalue weighted by molar-refractivity contribution is -0.124. The Balaban J connectivity index is 1.47. The molecule has 0 saturated heterocycles. The number of benzene rings is 3. The van der Waals surface area contributed by atoms with Crippen molar-refractivity contribution in [1.82, 2.24) is 10.2 Å². The third kappa shape index (κ3) is 5.51. The molecule has 1 N–H and O–H groups in total. The van der Waals surface area contributed by atoms with E-state index in [0.717, 1.165) is 48.1 Å². The van der Waals surface area contributed by atoms with Crippen molar-refractivity contribution in [3.8, 4) is 17.2 Å². The van der Waals surface area contributed by atoms with Crippen molar-refractivity contribution in [2.24, 2.45) is 0 Å². The zero-order chi connectivity index (χ0) is 28.1. The van der Waals surface area contributed by atoms with E-state index >= 15 is 0 Å². The van der Waals surface area contributed by atoms with Crippen LogP contribution in [-0.2, 0) is 11.2 Å². The first-order valence-corrected chi connectivity index (χ1v) is 14.1. The van der Waals surface area contributed by atoms with Crippen molar-refractivity contribution < 1.29 is 23.8 Å². The Bertz CT molecular complexity index is 1330. The molecule has 3 aromatic rings. The van der Waals surface area contributed by atoms with E-state index in [1.165, 1.54) is 6.42 Å². The van der Waals surface area contributed by atoms with Crippen LogP contribution in [0.2, 0.25) is 0 Å². The smallest absolute Gasteiger partial charge is 0.254 e. The summed E-state index contributed by atoms with van der Waals surface area (Å²) in [5.74, 6) is 1.47. The summed E-state index contributed by atoms with van der Waals surface area (Å²) in [4.78, 5) is 30.2. The van der Waals surface area contributed by atoms with Crippen LogP contribution in [0.3, 0.4) is 0 Å². The van der Waals surface area contributed by atoms with Gasteiger partial charge in [-0.3, -0.25) is 9.59 Å². The van der Waals surface area contributed by atoms with E-state index in [0.29, 0.717) is 30.0 Å². The van der Waals surface area contributed by atoms with Gasteiger partial charge >= 0.3 is 0 Å². The highest BCUT2D eigenvalue weighted by molar-refractivity contribution is 6.01. The molecule has 5 rings (SSSR count). The molecule has 2 unspecified atom stereocenters. The number of carbonyl (C=O) groups is 2. The fourth-order valence-electron chi connectivity index (χ4n) is 6.23. The lowest BCUT2D eigenvalue weighted by Gasteiger charge is -2.46. The van der Waals surface area contributed by atoms with Crippen molar-refractivity contribution in [3.63, 3.8) is 0 Å². The number of carbonyl (C=O) groups excluding carboxylic acids is 2. The Hall–Kier alpha value is -4.00. The molecule has 7 nitrogen and oxygen atoms in total. The maximum Gasteiger partial charge on any atom is 0.254 e. The minimum atomic E-state index is -0.533. The molecule has 0 bridgehead atoms. The third-order valence-electron chi connectivity index (χ3n) is 8.24. The summed E-state index contributed by atoms with van der Waals surface area (Å²) in [6.45, 7) is 0.458. The first-order valence-electron chi connectivity index (χ1n) is 14.1. The second-order valence-electron chi connectivity index (χ2n) is 10.5. The van der Waals surface area contributed by atoms with Crippen LogP contribution in [-0.4, -0.2) is 50.6 Å². The number of hydrogen-bond acceptors (Lipinski definition) is 5. The van der Waals surface area contributed by atoms with Crippen molar-refractivity contribution in [2.45, 2.75) is 56.5 Å². The Morgan fingerprint density at radius 2 is 1.60 bits per heavy atom. The zero-order valence-electron chi connectivity index (χ0n) is 23.5. The summed E-state index contributed by atoms with van der Waals surface area (Å²) >= 11 is 0. The number of ether oxygens (including phenoxy) is 3.